The van der Waals surface area contributed by atoms with Crippen molar-refractivity contribution in [1.82, 2.24) is 0 Å². The number of quaternary nitrogens is 1. The first kappa shape index (κ1) is 17.7. The van der Waals surface area contributed by atoms with Crippen molar-refractivity contribution in [3.8, 4) is 0 Å². The van der Waals surface area contributed by atoms with Crippen molar-refractivity contribution >= 4 is 10.4 Å². The molecule has 0 aromatic heterocycles. The Morgan fingerprint density at radius 2 is 1.56 bits per heavy atom. The Kier molecular flexibility index (Phi) is 9.30. The second-order valence-electron chi connectivity index (χ2n) is 3.10. The average Bonchev–Trinajstić information content (AvgIpc) is 2.01. The van der Waals surface area contributed by atoms with Crippen molar-refractivity contribution in [3.63, 3.8) is 0 Å². The molecule has 0 spiro atoms. The molecule has 0 rings (SSSR count). The molecular weight excluding hydrogens is 234 g/mol. The van der Waals surface area contributed by atoms with Crippen LogP contribution in [0, 0.1) is 0 Å². The van der Waals surface area contributed by atoms with Gasteiger partial charge in [-0.1, -0.05) is 13.2 Å². The van der Waals surface area contributed by atoms with Gasteiger partial charge in [0.2, 0.25) is 0 Å². The highest BCUT2D eigenvalue weighted by Crippen LogP contribution is 2.03. The Morgan fingerprint density at radius 1 is 1.25 bits per heavy atom. The molecule has 0 atom stereocenters. The lowest BCUT2D eigenvalue weighted by atomic mass is 10.5. The summed E-state index contributed by atoms with van der Waals surface area (Å²) in [4.78, 5) is 5.51. The van der Waals surface area contributed by atoms with Gasteiger partial charge in [0, 0.05) is 0 Å². The van der Waals surface area contributed by atoms with Gasteiger partial charge >= 0.3 is 10.4 Å². The van der Waals surface area contributed by atoms with Crippen molar-refractivity contribution in [2.24, 2.45) is 0 Å². The molecule has 0 radical (unpaired) electrons. The second kappa shape index (κ2) is 8.43. The number of hydrogen-bond donors (Lipinski definition) is 2. The fraction of sp³-hybridized carbons (Fsp3) is 0.556. The van der Waals surface area contributed by atoms with Gasteiger partial charge in [0.25, 0.3) is 0 Å². The molecule has 7 heteroatoms. The van der Waals surface area contributed by atoms with Crippen LogP contribution in [0.15, 0.2) is 25.3 Å². The van der Waals surface area contributed by atoms with Crippen LogP contribution in [0.25, 0.3) is 0 Å². The first-order chi connectivity index (χ1) is 7.18. The number of likely N-dealkylation sites (N-methyl/N-ethyl adjacent to an activating group) is 1. The van der Waals surface area contributed by atoms with Crippen molar-refractivity contribution in [2.45, 2.75) is 6.92 Å². The van der Waals surface area contributed by atoms with E-state index in [0.29, 0.717) is 4.65 Å². The van der Waals surface area contributed by atoms with Crippen molar-refractivity contribution in [1.29, 1.82) is 0 Å². The lowest BCUT2D eigenvalue weighted by Gasteiger charge is -2.28. The molecule has 0 aliphatic carbocycles. The Morgan fingerprint density at radius 3 is 1.75 bits per heavy atom. The van der Waals surface area contributed by atoms with Crippen molar-refractivity contribution in [2.75, 3.05) is 26.7 Å². The topological polar surface area (TPSA) is 83.8 Å². The van der Waals surface area contributed by atoms with E-state index in [9.17, 15) is 0 Å². The molecule has 0 heterocycles. The normalized spacial score (nSPS) is 11.2. The van der Waals surface area contributed by atoms with E-state index in [0.717, 1.165) is 19.7 Å². The van der Waals surface area contributed by atoms with Crippen LogP contribution in [0.2, 0.25) is 0 Å². The summed E-state index contributed by atoms with van der Waals surface area (Å²) in [5, 5.41) is 0. The summed E-state index contributed by atoms with van der Waals surface area (Å²) in [6, 6.07) is 0. The van der Waals surface area contributed by atoms with Crippen LogP contribution in [0.5, 0.6) is 0 Å². The molecule has 0 bridgehead atoms. The molecule has 0 unspecified atom stereocenters. The first-order valence-corrected chi connectivity index (χ1v) is 5.99. The van der Waals surface area contributed by atoms with Crippen LogP contribution >= 0.6 is 0 Å². The van der Waals surface area contributed by atoms with Crippen LogP contribution in [0.3, 0.4) is 0 Å². The van der Waals surface area contributed by atoms with Gasteiger partial charge in [0.15, 0.2) is 0 Å². The smallest absolute Gasteiger partial charge is 0.264 e. The first-order valence-electron chi connectivity index (χ1n) is 4.59. The minimum atomic E-state index is -4.67. The Balaban J connectivity index is 0. The third-order valence-corrected chi connectivity index (χ3v) is 1.47. The van der Waals surface area contributed by atoms with E-state index >= 15 is 0 Å². The maximum absolute atomic E-state index is 8.74. The number of rotatable bonds is 6. The van der Waals surface area contributed by atoms with E-state index in [-0.39, 0.29) is 0 Å². The van der Waals surface area contributed by atoms with E-state index in [4.69, 9.17) is 22.4 Å². The van der Waals surface area contributed by atoms with Crippen LogP contribution in [0.4, 0.5) is 0 Å². The fourth-order valence-electron chi connectivity index (χ4n) is 1.04. The molecule has 2 N–H and O–H groups in total. The van der Waals surface area contributed by atoms with Gasteiger partial charge < -0.3 is 0 Å². The highest BCUT2D eigenvalue weighted by Gasteiger charge is 2.18. The molecule has 0 fully saturated rings. The monoisotopic (exact) mass is 254 g/mol. The zero-order chi connectivity index (χ0) is 13.2. The van der Waals surface area contributed by atoms with Gasteiger partial charge in [0.05, 0.1) is 7.05 Å². The third kappa shape index (κ3) is 15.7. The largest absolute Gasteiger partial charge is 0.394 e. The number of hydroxylamine groups is 3. The summed E-state index contributed by atoms with van der Waals surface area (Å²) in [7, 11) is -2.65. The summed E-state index contributed by atoms with van der Waals surface area (Å²) in [6.45, 7) is 11.7. The van der Waals surface area contributed by atoms with E-state index in [2.05, 4.69) is 13.2 Å². The Labute approximate surface area is 97.0 Å². The molecule has 0 aromatic carbocycles. The molecule has 96 valence electrons. The van der Waals surface area contributed by atoms with E-state index < -0.39 is 10.4 Å². The van der Waals surface area contributed by atoms with Crippen LogP contribution < -0.4 is 0 Å². The Bertz CT molecular complexity index is 281. The maximum atomic E-state index is 8.74. The maximum Gasteiger partial charge on any atom is 0.394 e. The highest BCUT2D eigenvalue weighted by atomic mass is 32.3. The lowest BCUT2D eigenvalue weighted by Crippen LogP contribution is -2.44. The molecule has 0 aromatic rings. The summed E-state index contributed by atoms with van der Waals surface area (Å²) in [5.74, 6) is 0. The molecule has 6 nitrogen and oxygen atoms in total. The number of hydrogen-bond acceptors (Lipinski definition) is 3. The van der Waals surface area contributed by atoms with E-state index in [1.165, 1.54) is 0 Å². The summed E-state index contributed by atoms with van der Waals surface area (Å²) < 4.78 is 32.1. The highest BCUT2D eigenvalue weighted by molar-refractivity contribution is 7.79. The summed E-state index contributed by atoms with van der Waals surface area (Å²) in [6.07, 6.45) is 3.72. The lowest BCUT2D eigenvalue weighted by molar-refractivity contribution is -1.08. The van der Waals surface area contributed by atoms with Crippen LogP contribution in [-0.4, -0.2) is 48.9 Å². The molecule has 0 amide bonds. The zero-order valence-electron chi connectivity index (χ0n) is 9.66. The SMILES string of the molecule is C=CC[N+](C)(CC=C)OCC.O=S(=O)(O)O. The zero-order valence-corrected chi connectivity index (χ0v) is 10.5. The molecule has 0 saturated heterocycles. The summed E-state index contributed by atoms with van der Waals surface area (Å²) in [5.41, 5.74) is 0. The average molecular weight is 254 g/mol. The molecule has 0 aliphatic rings. The molecule has 16 heavy (non-hydrogen) atoms. The van der Waals surface area contributed by atoms with Crippen LogP contribution in [-0.2, 0) is 15.2 Å². The standard InChI is InChI=1S/C9H18NO.H2O4S/c1-5-8-10(4,9-6-2)11-7-3;1-5(2,3)4/h5-6H,1-2,7-9H2,3-4H3;(H2,1,2,3,4)/q+1;. The predicted octanol–water partition coefficient (Wildman–Crippen LogP) is 1.10. The predicted molar refractivity (Wildman–Crippen MR) is 62.1 cm³/mol. The van der Waals surface area contributed by atoms with E-state index in [1.807, 2.05) is 26.1 Å². The molecule has 0 aliphatic heterocycles. The summed E-state index contributed by atoms with van der Waals surface area (Å²) >= 11 is 0. The van der Waals surface area contributed by atoms with Crippen LogP contribution in [0.1, 0.15) is 6.92 Å². The van der Waals surface area contributed by atoms with Crippen molar-refractivity contribution < 1.29 is 27.0 Å². The van der Waals surface area contributed by atoms with Gasteiger partial charge in [-0.05, 0) is 19.1 Å². The van der Waals surface area contributed by atoms with Crippen molar-refractivity contribution in [3.05, 3.63) is 25.3 Å². The molecule has 0 saturated carbocycles. The van der Waals surface area contributed by atoms with Gasteiger partial charge in [0.1, 0.15) is 19.7 Å². The Hall–Kier alpha value is -0.730. The van der Waals surface area contributed by atoms with E-state index in [1.54, 1.807) is 0 Å². The minimum absolute atomic E-state index is 0.545. The number of nitrogens with zero attached hydrogens (tertiary/aromatic N) is 1. The van der Waals surface area contributed by atoms with Gasteiger partial charge in [-0.15, -0.1) is 0 Å². The minimum Gasteiger partial charge on any atom is -0.264 e. The van der Waals surface area contributed by atoms with Gasteiger partial charge in [-0.3, -0.25) is 9.11 Å². The quantitative estimate of drug-likeness (QED) is 0.321. The van der Waals surface area contributed by atoms with Gasteiger partial charge in [-0.2, -0.15) is 13.1 Å². The third-order valence-electron chi connectivity index (χ3n) is 1.47. The molecular formula is C9H20NO5S+. The van der Waals surface area contributed by atoms with Gasteiger partial charge in [-0.25, -0.2) is 4.84 Å². The second-order valence-corrected chi connectivity index (χ2v) is 4.00. The fourth-order valence-corrected chi connectivity index (χ4v) is 1.04.